The van der Waals surface area contributed by atoms with Crippen molar-refractivity contribution in [3.63, 3.8) is 0 Å². The van der Waals surface area contributed by atoms with E-state index in [2.05, 4.69) is 110 Å². The van der Waals surface area contributed by atoms with Gasteiger partial charge in [-0.1, -0.05) is 60.7 Å². The fraction of sp³-hybridized carbons (Fsp3) is 0.208. The van der Waals surface area contributed by atoms with Crippen LogP contribution in [0.4, 0.5) is 11.4 Å². The standard InChI is InChI=1S/C24H25N3/c1-18-9-7-8-12-23(18)27-24(20-13-15-21(16-14-20)26(2)3)17-22(25-27)19-10-5-4-6-11-19/h4-16,24H,17H2,1-3H3/t24-/m0/s1. The van der Waals surface area contributed by atoms with Crippen molar-refractivity contribution >= 4 is 17.1 Å². The molecule has 4 rings (SSSR count). The largest absolute Gasteiger partial charge is 0.378 e. The van der Waals surface area contributed by atoms with E-state index in [0.717, 1.165) is 12.1 Å². The number of rotatable bonds is 4. The minimum absolute atomic E-state index is 0.206. The van der Waals surface area contributed by atoms with E-state index in [0.29, 0.717) is 0 Å². The first-order chi connectivity index (χ1) is 13.1. The number of anilines is 2. The lowest BCUT2D eigenvalue weighted by molar-refractivity contribution is 0.707. The molecular weight excluding hydrogens is 330 g/mol. The zero-order chi connectivity index (χ0) is 18.8. The zero-order valence-electron chi connectivity index (χ0n) is 16.1. The minimum Gasteiger partial charge on any atom is -0.378 e. The summed E-state index contributed by atoms with van der Waals surface area (Å²) in [6.45, 7) is 2.15. The molecule has 3 aromatic carbocycles. The lowest BCUT2D eigenvalue weighted by Crippen LogP contribution is -2.19. The number of para-hydroxylation sites is 1. The average molecular weight is 355 g/mol. The van der Waals surface area contributed by atoms with E-state index in [-0.39, 0.29) is 6.04 Å². The molecule has 1 heterocycles. The predicted molar refractivity (Wildman–Crippen MR) is 115 cm³/mol. The number of hydrazone groups is 1. The number of nitrogens with zero attached hydrogens (tertiary/aromatic N) is 3. The first-order valence-electron chi connectivity index (χ1n) is 9.38. The van der Waals surface area contributed by atoms with E-state index in [1.165, 1.54) is 28.1 Å². The van der Waals surface area contributed by atoms with Crippen molar-refractivity contribution in [1.29, 1.82) is 0 Å². The third-order valence-electron chi connectivity index (χ3n) is 5.17. The van der Waals surface area contributed by atoms with Gasteiger partial charge >= 0.3 is 0 Å². The molecule has 0 saturated carbocycles. The quantitative estimate of drug-likeness (QED) is 0.622. The number of benzene rings is 3. The van der Waals surface area contributed by atoms with E-state index in [1.807, 2.05) is 0 Å². The van der Waals surface area contributed by atoms with Crippen LogP contribution < -0.4 is 9.91 Å². The van der Waals surface area contributed by atoms with E-state index < -0.39 is 0 Å². The fourth-order valence-corrected chi connectivity index (χ4v) is 3.61. The van der Waals surface area contributed by atoms with E-state index >= 15 is 0 Å². The van der Waals surface area contributed by atoms with Crippen molar-refractivity contribution in [2.24, 2.45) is 5.10 Å². The number of hydrogen-bond donors (Lipinski definition) is 0. The molecule has 0 fully saturated rings. The molecular formula is C24H25N3. The Labute approximate surface area is 161 Å². The summed E-state index contributed by atoms with van der Waals surface area (Å²) in [4.78, 5) is 2.13. The Morgan fingerprint density at radius 2 is 1.52 bits per heavy atom. The molecule has 0 N–H and O–H groups in total. The Hall–Kier alpha value is -3.07. The second-order valence-electron chi connectivity index (χ2n) is 7.25. The molecule has 3 aromatic rings. The lowest BCUT2D eigenvalue weighted by atomic mass is 9.97. The summed E-state index contributed by atoms with van der Waals surface area (Å²) in [5.74, 6) is 0. The van der Waals surface area contributed by atoms with E-state index in [4.69, 9.17) is 5.10 Å². The van der Waals surface area contributed by atoms with Crippen molar-refractivity contribution in [1.82, 2.24) is 0 Å². The fourth-order valence-electron chi connectivity index (χ4n) is 3.61. The van der Waals surface area contributed by atoms with Gasteiger partial charge in [0.15, 0.2) is 0 Å². The Kier molecular flexibility index (Phi) is 4.68. The van der Waals surface area contributed by atoms with Gasteiger partial charge < -0.3 is 4.90 Å². The molecule has 1 aliphatic heterocycles. The van der Waals surface area contributed by atoms with Gasteiger partial charge in [0, 0.05) is 26.2 Å². The predicted octanol–water partition coefficient (Wildman–Crippen LogP) is 5.42. The molecule has 0 bridgehead atoms. The molecule has 1 aliphatic rings. The van der Waals surface area contributed by atoms with Crippen molar-refractivity contribution in [3.8, 4) is 0 Å². The van der Waals surface area contributed by atoms with Crippen LogP contribution in [0.3, 0.4) is 0 Å². The first kappa shape index (κ1) is 17.3. The smallest absolute Gasteiger partial charge is 0.0831 e. The van der Waals surface area contributed by atoms with Gasteiger partial charge in [-0.3, -0.25) is 5.01 Å². The zero-order valence-corrected chi connectivity index (χ0v) is 16.1. The molecule has 0 aromatic heterocycles. The highest BCUT2D eigenvalue weighted by Crippen LogP contribution is 2.38. The van der Waals surface area contributed by atoms with Gasteiger partial charge in [0.1, 0.15) is 0 Å². The van der Waals surface area contributed by atoms with Gasteiger partial charge in [0.2, 0.25) is 0 Å². The van der Waals surface area contributed by atoms with Crippen LogP contribution in [0.1, 0.15) is 29.2 Å². The highest BCUT2D eigenvalue weighted by Gasteiger charge is 2.30. The SMILES string of the molecule is Cc1ccccc1N1N=C(c2ccccc2)C[C@H]1c1ccc(N(C)C)cc1. The summed E-state index contributed by atoms with van der Waals surface area (Å²) in [6, 6.07) is 28.0. The van der Waals surface area contributed by atoms with Crippen LogP contribution in [0.5, 0.6) is 0 Å². The lowest BCUT2D eigenvalue weighted by Gasteiger charge is -2.26. The highest BCUT2D eigenvalue weighted by atomic mass is 15.5. The molecule has 1 atom stereocenters. The van der Waals surface area contributed by atoms with Crippen molar-refractivity contribution in [3.05, 3.63) is 95.6 Å². The minimum atomic E-state index is 0.206. The number of hydrogen-bond acceptors (Lipinski definition) is 3. The molecule has 0 aliphatic carbocycles. The molecule has 136 valence electrons. The van der Waals surface area contributed by atoms with Gasteiger partial charge in [0.05, 0.1) is 17.4 Å². The molecule has 3 nitrogen and oxygen atoms in total. The maximum Gasteiger partial charge on any atom is 0.0831 e. The Morgan fingerprint density at radius 3 is 2.19 bits per heavy atom. The normalized spacial score (nSPS) is 16.3. The van der Waals surface area contributed by atoms with Crippen LogP contribution in [0.2, 0.25) is 0 Å². The topological polar surface area (TPSA) is 18.8 Å². The van der Waals surface area contributed by atoms with Gasteiger partial charge in [-0.05, 0) is 41.8 Å². The van der Waals surface area contributed by atoms with Crippen LogP contribution in [-0.4, -0.2) is 19.8 Å². The second-order valence-corrected chi connectivity index (χ2v) is 7.25. The van der Waals surface area contributed by atoms with Crippen LogP contribution in [0.15, 0.2) is 84.0 Å². The molecule has 0 saturated heterocycles. The summed E-state index contributed by atoms with van der Waals surface area (Å²) >= 11 is 0. The third-order valence-corrected chi connectivity index (χ3v) is 5.17. The second kappa shape index (κ2) is 7.28. The van der Waals surface area contributed by atoms with Crippen LogP contribution in [0.25, 0.3) is 0 Å². The Balaban J connectivity index is 1.74. The number of aryl methyl sites for hydroxylation is 1. The molecule has 27 heavy (non-hydrogen) atoms. The third kappa shape index (κ3) is 3.45. The maximum atomic E-state index is 5.04. The van der Waals surface area contributed by atoms with Gasteiger partial charge in [-0.15, -0.1) is 0 Å². The van der Waals surface area contributed by atoms with Crippen LogP contribution >= 0.6 is 0 Å². The Morgan fingerprint density at radius 1 is 0.852 bits per heavy atom. The van der Waals surface area contributed by atoms with E-state index in [1.54, 1.807) is 0 Å². The maximum absolute atomic E-state index is 5.04. The van der Waals surface area contributed by atoms with Gasteiger partial charge in [0.25, 0.3) is 0 Å². The van der Waals surface area contributed by atoms with Crippen molar-refractivity contribution < 1.29 is 0 Å². The van der Waals surface area contributed by atoms with Gasteiger partial charge in [-0.25, -0.2) is 0 Å². The average Bonchev–Trinajstić information content (AvgIpc) is 3.14. The monoisotopic (exact) mass is 355 g/mol. The summed E-state index contributed by atoms with van der Waals surface area (Å²) in [5, 5.41) is 7.24. The molecule has 0 amide bonds. The molecule has 0 radical (unpaired) electrons. The molecule has 0 spiro atoms. The summed E-state index contributed by atoms with van der Waals surface area (Å²) < 4.78 is 0. The molecule has 3 heteroatoms. The highest BCUT2D eigenvalue weighted by molar-refractivity contribution is 6.03. The first-order valence-corrected chi connectivity index (χ1v) is 9.38. The molecule has 0 unspecified atom stereocenters. The van der Waals surface area contributed by atoms with Crippen molar-refractivity contribution in [2.75, 3.05) is 24.0 Å². The Bertz CT molecular complexity index is 943. The summed E-state index contributed by atoms with van der Waals surface area (Å²) in [5.41, 5.74) is 7.25. The van der Waals surface area contributed by atoms with Gasteiger partial charge in [-0.2, -0.15) is 5.10 Å². The van der Waals surface area contributed by atoms with Crippen LogP contribution in [0, 0.1) is 6.92 Å². The van der Waals surface area contributed by atoms with Crippen LogP contribution in [-0.2, 0) is 0 Å². The summed E-state index contributed by atoms with van der Waals surface area (Å²) in [7, 11) is 4.14. The van der Waals surface area contributed by atoms with Crippen molar-refractivity contribution in [2.45, 2.75) is 19.4 Å². The van der Waals surface area contributed by atoms with E-state index in [9.17, 15) is 0 Å². The summed E-state index contributed by atoms with van der Waals surface area (Å²) in [6.07, 6.45) is 0.902.